The maximum absolute atomic E-state index is 11.7. The maximum Gasteiger partial charge on any atom is 0.293 e. The number of rotatable bonds is 6. The van der Waals surface area contributed by atoms with E-state index in [2.05, 4.69) is 24.1 Å². The molecular weight excluding hydrogens is 216 g/mol. The molecule has 1 aromatic heterocycles. The Balaban J connectivity index is 2.61. The highest BCUT2D eigenvalue weighted by Gasteiger charge is 2.14. The van der Waals surface area contributed by atoms with Gasteiger partial charge in [0.2, 0.25) is 0 Å². The molecule has 0 aromatic carbocycles. The van der Waals surface area contributed by atoms with Crippen molar-refractivity contribution in [3.8, 4) is 0 Å². The fourth-order valence-corrected chi connectivity index (χ4v) is 1.89. The molecule has 0 saturated carbocycles. The van der Waals surface area contributed by atoms with Crippen LogP contribution in [0.15, 0.2) is 17.2 Å². The molecule has 1 aromatic rings. The van der Waals surface area contributed by atoms with E-state index in [0.29, 0.717) is 18.3 Å². The molecule has 0 saturated heterocycles. The minimum atomic E-state index is -0.121. The average Bonchev–Trinajstić information content (AvgIpc) is 2.32. The van der Waals surface area contributed by atoms with E-state index < -0.39 is 0 Å². The monoisotopic (exact) mass is 238 g/mol. The summed E-state index contributed by atoms with van der Waals surface area (Å²) in [4.78, 5) is 15.7. The van der Waals surface area contributed by atoms with E-state index in [4.69, 9.17) is 5.73 Å². The van der Waals surface area contributed by atoms with Crippen molar-refractivity contribution < 1.29 is 0 Å². The Morgan fingerprint density at radius 3 is 2.71 bits per heavy atom. The maximum atomic E-state index is 11.7. The van der Waals surface area contributed by atoms with Gasteiger partial charge in [0.1, 0.15) is 0 Å². The standard InChI is InChI=1S/C12H22N4O/c1-4-9(5-2)10(13)8-15-11-12(17)16(3)7-6-14-11/h6-7,9-10H,4-5,8,13H2,1-3H3,(H,14,15). The van der Waals surface area contributed by atoms with E-state index in [9.17, 15) is 4.79 Å². The lowest BCUT2D eigenvalue weighted by Gasteiger charge is -2.21. The van der Waals surface area contributed by atoms with Crippen molar-refractivity contribution in [2.24, 2.45) is 18.7 Å². The molecule has 0 radical (unpaired) electrons. The Kier molecular flexibility index (Phi) is 5.15. The van der Waals surface area contributed by atoms with Gasteiger partial charge in [-0.05, 0) is 5.92 Å². The van der Waals surface area contributed by atoms with Gasteiger partial charge in [0.05, 0.1) is 0 Å². The minimum absolute atomic E-state index is 0.0525. The number of nitrogens with one attached hydrogen (secondary N) is 1. The Morgan fingerprint density at radius 1 is 1.47 bits per heavy atom. The molecule has 17 heavy (non-hydrogen) atoms. The van der Waals surface area contributed by atoms with Crippen LogP contribution in [0.2, 0.25) is 0 Å². The highest BCUT2D eigenvalue weighted by molar-refractivity contribution is 5.30. The summed E-state index contributed by atoms with van der Waals surface area (Å²) in [6, 6.07) is 0.0525. The van der Waals surface area contributed by atoms with Gasteiger partial charge in [-0.25, -0.2) is 4.98 Å². The van der Waals surface area contributed by atoms with E-state index in [0.717, 1.165) is 12.8 Å². The Labute approximate surface area is 102 Å². The van der Waals surface area contributed by atoms with Crippen molar-refractivity contribution in [1.82, 2.24) is 9.55 Å². The molecule has 0 spiro atoms. The van der Waals surface area contributed by atoms with Crippen LogP contribution < -0.4 is 16.6 Å². The molecule has 1 atom stereocenters. The smallest absolute Gasteiger partial charge is 0.293 e. The second-order valence-electron chi connectivity index (χ2n) is 4.31. The van der Waals surface area contributed by atoms with Gasteiger partial charge in [-0.1, -0.05) is 26.7 Å². The molecule has 3 N–H and O–H groups in total. The molecule has 0 amide bonds. The SMILES string of the molecule is CCC(CC)C(N)CNc1nccn(C)c1=O. The van der Waals surface area contributed by atoms with Gasteiger partial charge in [-0.3, -0.25) is 4.79 Å². The van der Waals surface area contributed by atoms with Crippen LogP contribution in [0.1, 0.15) is 26.7 Å². The van der Waals surface area contributed by atoms with Crippen molar-refractivity contribution in [2.75, 3.05) is 11.9 Å². The van der Waals surface area contributed by atoms with Crippen molar-refractivity contribution in [3.63, 3.8) is 0 Å². The number of nitrogens with two attached hydrogens (primary N) is 1. The second-order valence-corrected chi connectivity index (χ2v) is 4.31. The Hall–Kier alpha value is -1.36. The molecule has 0 aliphatic heterocycles. The van der Waals surface area contributed by atoms with Gasteiger partial charge in [-0.2, -0.15) is 0 Å². The van der Waals surface area contributed by atoms with Crippen molar-refractivity contribution in [2.45, 2.75) is 32.7 Å². The van der Waals surface area contributed by atoms with Gasteiger partial charge in [-0.15, -0.1) is 0 Å². The van der Waals surface area contributed by atoms with E-state index in [1.54, 1.807) is 19.4 Å². The van der Waals surface area contributed by atoms with Crippen molar-refractivity contribution in [1.29, 1.82) is 0 Å². The lowest BCUT2D eigenvalue weighted by molar-refractivity contribution is 0.407. The van der Waals surface area contributed by atoms with Gasteiger partial charge >= 0.3 is 0 Å². The quantitative estimate of drug-likeness (QED) is 0.774. The molecule has 96 valence electrons. The van der Waals surface area contributed by atoms with Crippen LogP contribution in [-0.2, 0) is 7.05 Å². The summed E-state index contributed by atoms with van der Waals surface area (Å²) in [7, 11) is 1.70. The number of aryl methyl sites for hydroxylation is 1. The van der Waals surface area contributed by atoms with Crippen LogP contribution in [0.25, 0.3) is 0 Å². The van der Waals surface area contributed by atoms with Gasteiger partial charge < -0.3 is 15.6 Å². The topological polar surface area (TPSA) is 72.9 Å². The summed E-state index contributed by atoms with van der Waals surface area (Å²) >= 11 is 0. The first-order valence-electron chi connectivity index (χ1n) is 6.11. The lowest BCUT2D eigenvalue weighted by Crippen LogP contribution is -2.37. The fraction of sp³-hybridized carbons (Fsp3) is 0.667. The summed E-state index contributed by atoms with van der Waals surface area (Å²) in [5.41, 5.74) is 5.95. The van der Waals surface area contributed by atoms with Gasteiger partial charge in [0.25, 0.3) is 5.56 Å². The van der Waals surface area contributed by atoms with Crippen LogP contribution in [0.4, 0.5) is 5.82 Å². The first-order valence-corrected chi connectivity index (χ1v) is 6.11. The molecule has 1 heterocycles. The summed E-state index contributed by atoms with van der Waals surface area (Å²) in [5.74, 6) is 0.853. The summed E-state index contributed by atoms with van der Waals surface area (Å²) in [6.07, 6.45) is 5.35. The highest BCUT2D eigenvalue weighted by atomic mass is 16.1. The first-order chi connectivity index (χ1) is 8.10. The number of hydrogen-bond donors (Lipinski definition) is 2. The highest BCUT2D eigenvalue weighted by Crippen LogP contribution is 2.11. The molecule has 0 aliphatic rings. The summed E-state index contributed by atoms with van der Waals surface area (Å²) in [5, 5.41) is 3.03. The lowest BCUT2D eigenvalue weighted by atomic mass is 9.95. The number of nitrogens with zero attached hydrogens (tertiary/aromatic N) is 2. The van der Waals surface area contributed by atoms with Crippen LogP contribution in [-0.4, -0.2) is 22.1 Å². The molecular formula is C12H22N4O. The molecule has 1 unspecified atom stereocenters. The third-order valence-corrected chi connectivity index (χ3v) is 3.18. The number of anilines is 1. The first kappa shape index (κ1) is 13.7. The van der Waals surface area contributed by atoms with Crippen LogP contribution in [0.3, 0.4) is 0 Å². The third kappa shape index (κ3) is 3.56. The van der Waals surface area contributed by atoms with E-state index in [-0.39, 0.29) is 11.6 Å². The minimum Gasteiger partial charge on any atom is -0.364 e. The Bertz CT molecular complexity index is 398. The van der Waals surface area contributed by atoms with Crippen LogP contribution in [0.5, 0.6) is 0 Å². The average molecular weight is 238 g/mol. The third-order valence-electron chi connectivity index (χ3n) is 3.18. The van der Waals surface area contributed by atoms with E-state index in [1.165, 1.54) is 4.57 Å². The normalized spacial score (nSPS) is 12.8. The second kappa shape index (κ2) is 6.39. The largest absolute Gasteiger partial charge is 0.364 e. The molecule has 0 aliphatic carbocycles. The summed E-state index contributed by atoms with van der Waals surface area (Å²) < 4.78 is 1.50. The molecule has 0 fully saturated rings. The fourth-order valence-electron chi connectivity index (χ4n) is 1.89. The molecule has 0 bridgehead atoms. The molecule has 5 heteroatoms. The van der Waals surface area contributed by atoms with Gasteiger partial charge in [0.15, 0.2) is 5.82 Å². The number of hydrogen-bond acceptors (Lipinski definition) is 4. The summed E-state index contributed by atoms with van der Waals surface area (Å²) in [6.45, 7) is 4.85. The predicted molar refractivity (Wildman–Crippen MR) is 70.0 cm³/mol. The van der Waals surface area contributed by atoms with Gasteiger partial charge in [0, 0.05) is 32.0 Å². The zero-order chi connectivity index (χ0) is 12.8. The van der Waals surface area contributed by atoms with E-state index in [1.807, 2.05) is 0 Å². The van der Waals surface area contributed by atoms with Crippen LogP contribution in [0, 0.1) is 5.92 Å². The number of aromatic nitrogens is 2. The van der Waals surface area contributed by atoms with Crippen LogP contribution >= 0.6 is 0 Å². The van der Waals surface area contributed by atoms with Crippen molar-refractivity contribution >= 4 is 5.82 Å². The molecule has 1 rings (SSSR count). The Morgan fingerprint density at radius 2 is 2.12 bits per heavy atom. The zero-order valence-electron chi connectivity index (χ0n) is 10.8. The zero-order valence-corrected chi connectivity index (χ0v) is 10.8. The molecule has 5 nitrogen and oxygen atoms in total. The van der Waals surface area contributed by atoms with Crippen molar-refractivity contribution in [3.05, 3.63) is 22.7 Å². The predicted octanol–water partition coefficient (Wildman–Crippen LogP) is 0.956. The van der Waals surface area contributed by atoms with E-state index >= 15 is 0 Å².